The fraction of sp³-hybridized carbons (Fsp3) is 0.323. The van der Waals surface area contributed by atoms with Crippen molar-refractivity contribution in [2.45, 2.75) is 53.9 Å². The zero-order valence-corrected chi connectivity index (χ0v) is 23.0. The van der Waals surface area contributed by atoms with E-state index in [1.807, 2.05) is 48.8 Å². The van der Waals surface area contributed by atoms with Crippen molar-refractivity contribution in [1.82, 2.24) is 9.55 Å². The lowest BCUT2D eigenvalue weighted by molar-refractivity contribution is 0.102. The summed E-state index contributed by atoms with van der Waals surface area (Å²) in [5.41, 5.74) is 7.22. The van der Waals surface area contributed by atoms with Gasteiger partial charge in [-0.3, -0.25) is 9.78 Å². The van der Waals surface area contributed by atoms with Gasteiger partial charge in [-0.2, -0.15) is 0 Å². The molecule has 1 aliphatic rings. The van der Waals surface area contributed by atoms with Gasteiger partial charge in [-0.25, -0.2) is 4.99 Å². The van der Waals surface area contributed by atoms with Crippen molar-refractivity contribution < 1.29 is 4.79 Å². The first-order chi connectivity index (χ1) is 17.7. The maximum atomic E-state index is 13.6. The summed E-state index contributed by atoms with van der Waals surface area (Å²) in [6.07, 6.45) is 8.56. The highest BCUT2D eigenvalue weighted by atomic mass is 32.1. The largest absolute Gasteiger partial charge is 0.322 e. The van der Waals surface area contributed by atoms with Crippen LogP contribution >= 0.6 is 11.3 Å². The molecule has 3 heterocycles. The molecule has 0 saturated carbocycles. The third-order valence-corrected chi connectivity index (χ3v) is 8.59. The number of aryl methyl sites for hydroxylation is 1. The van der Waals surface area contributed by atoms with Crippen LogP contribution in [0.4, 0.5) is 10.7 Å². The van der Waals surface area contributed by atoms with Crippen molar-refractivity contribution in [2.75, 3.05) is 5.32 Å². The first-order valence-electron chi connectivity index (χ1n) is 12.9. The molecule has 1 atom stereocenters. The summed E-state index contributed by atoms with van der Waals surface area (Å²) in [4.78, 5) is 24.1. The maximum absolute atomic E-state index is 13.6. The van der Waals surface area contributed by atoms with Crippen LogP contribution in [-0.4, -0.2) is 21.7 Å². The van der Waals surface area contributed by atoms with E-state index in [9.17, 15) is 4.79 Å². The molecule has 1 amide bonds. The van der Waals surface area contributed by atoms with Gasteiger partial charge in [0.1, 0.15) is 5.00 Å². The maximum Gasteiger partial charge on any atom is 0.259 e. The Morgan fingerprint density at radius 1 is 1.16 bits per heavy atom. The molecule has 1 N–H and O–H groups in total. The molecule has 3 aromatic heterocycles. The molecule has 0 aliphatic heterocycles. The van der Waals surface area contributed by atoms with Gasteiger partial charge in [-0.05, 0) is 80.3 Å². The van der Waals surface area contributed by atoms with E-state index >= 15 is 0 Å². The molecule has 4 aromatic rings. The number of pyridine rings is 1. The molecule has 1 aromatic carbocycles. The predicted octanol–water partition coefficient (Wildman–Crippen LogP) is 7.70. The summed E-state index contributed by atoms with van der Waals surface area (Å²) in [6, 6.07) is 15.8. The van der Waals surface area contributed by atoms with Crippen LogP contribution in [-0.2, 0) is 12.8 Å². The van der Waals surface area contributed by atoms with Gasteiger partial charge in [0, 0.05) is 39.9 Å². The monoisotopic (exact) mass is 510 g/mol. The SMILES string of the molecule is Cc1cc(C=Nc2sc3c(c2C(=O)Nc2ccccc2)CC[C@H](C(C)(C)C)C3)c(C)n1-c1cccnc1. The van der Waals surface area contributed by atoms with Gasteiger partial charge in [0.2, 0.25) is 0 Å². The van der Waals surface area contributed by atoms with E-state index in [1.54, 1.807) is 17.5 Å². The number of anilines is 1. The van der Waals surface area contributed by atoms with Crippen LogP contribution in [0.15, 0.2) is 65.9 Å². The van der Waals surface area contributed by atoms with Crippen LogP contribution in [0.2, 0.25) is 0 Å². The van der Waals surface area contributed by atoms with Crippen molar-refractivity contribution in [3.8, 4) is 5.69 Å². The molecule has 6 heteroatoms. The van der Waals surface area contributed by atoms with Crippen molar-refractivity contribution in [1.29, 1.82) is 0 Å². The van der Waals surface area contributed by atoms with Crippen LogP contribution in [0.5, 0.6) is 0 Å². The summed E-state index contributed by atoms with van der Waals surface area (Å²) in [5.74, 6) is 0.518. The molecule has 0 radical (unpaired) electrons. The van der Waals surface area contributed by atoms with Crippen LogP contribution in [0.1, 0.15) is 64.9 Å². The summed E-state index contributed by atoms with van der Waals surface area (Å²) < 4.78 is 2.19. The quantitative estimate of drug-likeness (QED) is 0.280. The Bertz CT molecular complexity index is 1440. The molecule has 190 valence electrons. The van der Waals surface area contributed by atoms with Crippen LogP contribution in [0.3, 0.4) is 0 Å². The number of fused-ring (bicyclic) bond motifs is 1. The highest BCUT2D eigenvalue weighted by molar-refractivity contribution is 7.16. The number of amides is 1. The Morgan fingerprint density at radius 2 is 1.95 bits per heavy atom. The Hall–Kier alpha value is -3.51. The molecule has 0 bridgehead atoms. The average molecular weight is 511 g/mol. The average Bonchev–Trinajstić information content (AvgIpc) is 3.38. The Labute approximate surface area is 223 Å². The van der Waals surface area contributed by atoms with Crippen LogP contribution in [0, 0.1) is 25.2 Å². The smallest absolute Gasteiger partial charge is 0.259 e. The van der Waals surface area contributed by atoms with E-state index in [0.717, 1.165) is 58.2 Å². The summed E-state index contributed by atoms with van der Waals surface area (Å²) in [5, 5.41) is 3.89. The van der Waals surface area contributed by atoms with E-state index in [0.29, 0.717) is 5.92 Å². The molecule has 0 unspecified atom stereocenters. The number of benzene rings is 1. The van der Waals surface area contributed by atoms with Gasteiger partial charge < -0.3 is 9.88 Å². The summed E-state index contributed by atoms with van der Waals surface area (Å²) >= 11 is 1.68. The van der Waals surface area contributed by atoms with E-state index in [1.165, 1.54) is 10.4 Å². The van der Waals surface area contributed by atoms with Gasteiger partial charge >= 0.3 is 0 Å². The second kappa shape index (κ2) is 10.1. The number of nitrogens with one attached hydrogen (secondary N) is 1. The molecule has 0 fully saturated rings. The summed E-state index contributed by atoms with van der Waals surface area (Å²) in [7, 11) is 0. The first kappa shape index (κ1) is 25.2. The summed E-state index contributed by atoms with van der Waals surface area (Å²) in [6.45, 7) is 11.1. The minimum atomic E-state index is -0.0779. The van der Waals surface area contributed by atoms with Crippen molar-refractivity contribution in [3.05, 3.63) is 93.9 Å². The lowest BCUT2D eigenvalue weighted by Crippen LogP contribution is -2.27. The zero-order chi connectivity index (χ0) is 26.2. The first-order valence-corrected chi connectivity index (χ1v) is 13.7. The third kappa shape index (κ3) is 5.16. The number of aliphatic imine (C=N–C) groups is 1. The number of hydrogen-bond donors (Lipinski definition) is 1. The van der Waals surface area contributed by atoms with Crippen molar-refractivity contribution in [2.24, 2.45) is 16.3 Å². The van der Waals surface area contributed by atoms with E-state index in [2.05, 4.69) is 61.6 Å². The molecule has 5 nitrogen and oxygen atoms in total. The Kier molecular flexibility index (Phi) is 6.86. The zero-order valence-electron chi connectivity index (χ0n) is 22.2. The minimum absolute atomic E-state index is 0.0779. The normalized spacial score (nSPS) is 15.6. The molecule has 5 rings (SSSR count). The second-order valence-electron chi connectivity index (χ2n) is 10.9. The van der Waals surface area contributed by atoms with E-state index in [4.69, 9.17) is 4.99 Å². The molecular weight excluding hydrogens is 476 g/mol. The van der Waals surface area contributed by atoms with Crippen LogP contribution < -0.4 is 5.32 Å². The number of rotatable bonds is 5. The van der Waals surface area contributed by atoms with E-state index < -0.39 is 0 Å². The lowest BCUT2D eigenvalue weighted by Gasteiger charge is -2.33. The molecule has 1 aliphatic carbocycles. The van der Waals surface area contributed by atoms with Crippen molar-refractivity contribution >= 4 is 34.1 Å². The fourth-order valence-corrected chi connectivity index (χ4v) is 6.55. The number of hydrogen-bond acceptors (Lipinski definition) is 4. The Balaban J connectivity index is 1.52. The number of aromatic nitrogens is 2. The van der Waals surface area contributed by atoms with Gasteiger partial charge in [0.05, 0.1) is 17.4 Å². The topological polar surface area (TPSA) is 59.3 Å². The molecular formula is C31H34N4OS. The fourth-order valence-electron chi connectivity index (χ4n) is 5.28. The van der Waals surface area contributed by atoms with Crippen molar-refractivity contribution in [3.63, 3.8) is 0 Å². The van der Waals surface area contributed by atoms with E-state index in [-0.39, 0.29) is 11.3 Å². The highest BCUT2D eigenvalue weighted by Gasteiger charge is 2.33. The van der Waals surface area contributed by atoms with Gasteiger partial charge in [-0.1, -0.05) is 39.0 Å². The van der Waals surface area contributed by atoms with Gasteiger partial charge in [0.15, 0.2) is 0 Å². The second-order valence-corrected chi connectivity index (χ2v) is 12.0. The molecule has 0 saturated heterocycles. The standard InChI is InChI=1S/C31H34N4OS/c1-20-16-22(21(2)35(20)25-12-9-15-32-19-25)18-33-30-28(29(36)34-24-10-7-6-8-11-24)26-14-13-23(31(3,4)5)17-27(26)37-30/h6-12,15-16,18-19,23H,13-14,17H2,1-5H3,(H,34,36)/t23-/m0/s1. The number of carbonyl (C=O) groups is 1. The Morgan fingerprint density at radius 3 is 2.65 bits per heavy atom. The molecule has 0 spiro atoms. The number of thiophene rings is 1. The molecule has 37 heavy (non-hydrogen) atoms. The highest BCUT2D eigenvalue weighted by Crippen LogP contribution is 2.45. The third-order valence-electron chi connectivity index (χ3n) is 7.43. The lowest BCUT2D eigenvalue weighted by atomic mass is 9.72. The van der Waals surface area contributed by atoms with Crippen LogP contribution in [0.25, 0.3) is 5.69 Å². The predicted molar refractivity (Wildman–Crippen MR) is 154 cm³/mol. The number of para-hydroxylation sites is 1. The van der Waals surface area contributed by atoms with Gasteiger partial charge in [0.25, 0.3) is 5.91 Å². The number of nitrogens with zero attached hydrogens (tertiary/aromatic N) is 3. The number of carbonyl (C=O) groups excluding carboxylic acids is 1. The van der Waals surface area contributed by atoms with Gasteiger partial charge in [-0.15, -0.1) is 11.3 Å². The minimum Gasteiger partial charge on any atom is -0.322 e.